The third kappa shape index (κ3) is 2.14. The van der Waals surface area contributed by atoms with Crippen molar-refractivity contribution in [1.82, 2.24) is 0 Å². The van der Waals surface area contributed by atoms with E-state index in [2.05, 4.69) is 44.0 Å². The van der Waals surface area contributed by atoms with Gasteiger partial charge < -0.3 is 4.74 Å². The molecule has 0 amide bonds. The molecule has 1 spiro atoms. The lowest BCUT2D eigenvalue weighted by Crippen LogP contribution is -2.46. The zero-order chi connectivity index (χ0) is 17.2. The third-order valence-corrected chi connectivity index (χ3v) is 10.7. The smallest absolute Gasteiger partial charge is 0.316 e. The maximum atomic E-state index is 12.5. The predicted molar refractivity (Wildman–Crippen MR) is 103 cm³/mol. The Labute approximate surface area is 154 Å². The van der Waals surface area contributed by atoms with E-state index in [1.165, 1.54) is 37.2 Å². The molecule has 0 unspecified atom stereocenters. The van der Waals surface area contributed by atoms with Crippen molar-refractivity contribution in [3.05, 3.63) is 23.8 Å². The number of ether oxygens (including phenoxy) is 1. The standard InChI is InChI=1S/C20H28O2S2/c1-5-18(3)12-15(22-17(18)21)19(4)13(2)6-7-14-8-9-20(16(14)19)23-10-11-24-20/h5,13,15H,1,6-12H2,2-4H3/t13-,15+,18+,19+/m0/s1. The van der Waals surface area contributed by atoms with E-state index < -0.39 is 5.41 Å². The summed E-state index contributed by atoms with van der Waals surface area (Å²) >= 11 is 4.30. The molecule has 2 saturated heterocycles. The first-order chi connectivity index (χ1) is 11.4. The van der Waals surface area contributed by atoms with Crippen LogP contribution in [0.15, 0.2) is 23.8 Å². The largest absolute Gasteiger partial charge is 0.461 e. The zero-order valence-corrected chi connectivity index (χ0v) is 16.7. The van der Waals surface area contributed by atoms with Gasteiger partial charge in [0.25, 0.3) is 0 Å². The summed E-state index contributed by atoms with van der Waals surface area (Å²) in [6.07, 6.45) is 7.55. The quantitative estimate of drug-likeness (QED) is 0.497. The number of esters is 1. The molecule has 0 radical (unpaired) electrons. The third-order valence-electron chi connectivity index (χ3n) is 7.13. The van der Waals surface area contributed by atoms with Crippen LogP contribution in [0.4, 0.5) is 0 Å². The van der Waals surface area contributed by atoms with Gasteiger partial charge in [-0.25, -0.2) is 0 Å². The number of fused-ring (bicyclic) bond motifs is 1. The number of thioether (sulfide) groups is 2. The molecule has 132 valence electrons. The highest BCUT2D eigenvalue weighted by Crippen LogP contribution is 2.67. The lowest BCUT2D eigenvalue weighted by molar-refractivity contribution is -0.150. The number of rotatable bonds is 2. The Morgan fingerprint density at radius 1 is 1.25 bits per heavy atom. The van der Waals surface area contributed by atoms with Crippen molar-refractivity contribution in [1.29, 1.82) is 0 Å². The summed E-state index contributed by atoms with van der Waals surface area (Å²) in [5.41, 5.74) is 2.80. The Kier molecular flexibility index (Phi) is 3.97. The van der Waals surface area contributed by atoms with E-state index in [1.807, 2.05) is 6.92 Å². The number of hydrogen-bond acceptors (Lipinski definition) is 4. The molecular weight excluding hydrogens is 336 g/mol. The highest BCUT2D eigenvalue weighted by Gasteiger charge is 2.61. The van der Waals surface area contributed by atoms with E-state index in [0.717, 1.165) is 6.42 Å². The van der Waals surface area contributed by atoms with Gasteiger partial charge >= 0.3 is 5.97 Å². The second-order valence-corrected chi connectivity index (χ2v) is 11.4. The summed E-state index contributed by atoms with van der Waals surface area (Å²) in [4.78, 5) is 12.5. The van der Waals surface area contributed by atoms with Gasteiger partial charge in [0.2, 0.25) is 0 Å². The van der Waals surface area contributed by atoms with Crippen LogP contribution in [0.3, 0.4) is 0 Å². The maximum absolute atomic E-state index is 12.5. The summed E-state index contributed by atoms with van der Waals surface area (Å²) in [6.45, 7) is 10.7. The van der Waals surface area contributed by atoms with E-state index in [1.54, 1.807) is 17.2 Å². The molecule has 4 rings (SSSR count). The number of allylic oxidation sites excluding steroid dienone is 1. The summed E-state index contributed by atoms with van der Waals surface area (Å²) in [6, 6.07) is 0. The fourth-order valence-corrected chi connectivity index (χ4v) is 8.98. The molecule has 4 atom stereocenters. The number of carbonyl (C=O) groups is 1. The Hall–Kier alpha value is -0.350. The summed E-state index contributed by atoms with van der Waals surface area (Å²) < 4.78 is 6.29. The van der Waals surface area contributed by atoms with Crippen molar-refractivity contribution in [3.8, 4) is 0 Å². The minimum Gasteiger partial charge on any atom is -0.461 e. The van der Waals surface area contributed by atoms with E-state index in [0.29, 0.717) is 5.92 Å². The van der Waals surface area contributed by atoms with Crippen LogP contribution in [0.5, 0.6) is 0 Å². The zero-order valence-electron chi connectivity index (χ0n) is 15.0. The summed E-state index contributed by atoms with van der Waals surface area (Å²) in [5, 5.41) is 0. The summed E-state index contributed by atoms with van der Waals surface area (Å²) in [7, 11) is 0. The molecule has 2 heterocycles. The van der Waals surface area contributed by atoms with Gasteiger partial charge in [0.1, 0.15) is 6.10 Å². The average molecular weight is 365 g/mol. The molecule has 2 fully saturated rings. The Morgan fingerprint density at radius 3 is 2.58 bits per heavy atom. The molecule has 0 aromatic carbocycles. The highest BCUT2D eigenvalue weighted by atomic mass is 32.2. The molecular formula is C20H28O2S2. The molecule has 0 aromatic rings. The van der Waals surface area contributed by atoms with Gasteiger partial charge in [-0.05, 0) is 44.1 Å². The predicted octanol–water partition coefficient (Wildman–Crippen LogP) is 5.20. The van der Waals surface area contributed by atoms with Crippen molar-refractivity contribution in [2.75, 3.05) is 11.5 Å². The molecule has 2 aliphatic heterocycles. The Balaban J connectivity index is 1.78. The minimum atomic E-state index is -0.521. The van der Waals surface area contributed by atoms with Crippen molar-refractivity contribution in [2.45, 2.75) is 63.1 Å². The van der Waals surface area contributed by atoms with Gasteiger partial charge in [-0.1, -0.05) is 25.5 Å². The van der Waals surface area contributed by atoms with E-state index in [4.69, 9.17) is 4.74 Å². The molecule has 2 aliphatic carbocycles. The molecule has 0 saturated carbocycles. The topological polar surface area (TPSA) is 26.3 Å². The van der Waals surface area contributed by atoms with Crippen LogP contribution in [-0.2, 0) is 9.53 Å². The van der Waals surface area contributed by atoms with E-state index in [-0.39, 0.29) is 21.6 Å². The van der Waals surface area contributed by atoms with Crippen LogP contribution >= 0.6 is 23.5 Å². The number of hydrogen-bond donors (Lipinski definition) is 0. The average Bonchev–Trinajstić information content (AvgIpc) is 3.25. The second kappa shape index (κ2) is 5.57. The van der Waals surface area contributed by atoms with Crippen molar-refractivity contribution < 1.29 is 9.53 Å². The molecule has 0 aromatic heterocycles. The van der Waals surface area contributed by atoms with Crippen molar-refractivity contribution in [2.24, 2.45) is 16.7 Å². The first kappa shape index (κ1) is 17.1. The molecule has 4 heteroatoms. The molecule has 0 bridgehead atoms. The fraction of sp³-hybridized carbons (Fsp3) is 0.750. The van der Waals surface area contributed by atoms with Crippen LogP contribution in [0.2, 0.25) is 0 Å². The SMILES string of the molecule is C=C[C@]1(C)C[C@H]([C@]2(C)C3=C(CC[C@@H]2C)CCC32SCCS2)OC1=O. The van der Waals surface area contributed by atoms with E-state index >= 15 is 0 Å². The van der Waals surface area contributed by atoms with Gasteiger partial charge in [-0.3, -0.25) is 4.79 Å². The number of carbonyl (C=O) groups excluding carboxylic acids is 1. The molecule has 0 N–H and O–H groups in total. The molecule has 2 nitrogen and oxygen atoms in total. The maximum Gasteiger partial charge on any atom is 0.316 e. The molecule has 24 heavy (non-hydrogen) atoms. The van der Waals surface area contributed by atoms with Crippen LogP contribution in [0.1, 0.15) is 52.9 Å². The number of cyclic esters (lactones) is 1. The summed E-state index contributed by atoms with van der Waals surface area (Å²) in [5.74, 6) is 2.97. The van der Waals surface area contributed by atoms with Gasteiger partial charge in [0.05, 0.1) is 9.49 Å². The van der Waals surface area contributed by atoms with Gasteiger partial charge in [0, 0.05) is 23.3 Å². The van der Waals surface area contributed by atoms with Crippen molar-refractivity contribution >= 4 is 29.5 Å². The first-order valence-electron chi connectivity index (χ1n) is 9.21. The normalized spacial score (nSPS) is 44.0. The van der Waals surface area contributed by atoms with Gasteiger partial charge in [0.15, 0.2) is 0 Å². The van der Waals surface area contributed by atoms with Crippen LogP contribution in [-0.4, -0.2) is 27.7 Å². The fourth-order valence-electron chi connectivity index (χ4n) is 5.31. The van der Waals surface area contributed by atoms with Crippen LogP contribution in [0.25, 0.3) is 0 Å². The first-order valence-corrected chi connectivity index (χ1v) is 11.2. The lowest BCUT2D eigenvalue weighted by atomic mass is 9.60. The van der Waals surface area contributed by atoms with Crippen LogP contribution < -0.4 is 0 Å². The second-order valence-electron chi connectivity index (χ2n) is 8.37. The highest BCUT2D eigenvalue weighted by molar-refractivity contribution is 8.21. The minimum absolute atomic E-state index is 0.00919. The van der Waals surface area contributed by atoms with Gasteiger partial charge in [-0.15, -0.1) is 30.1 Å². The van der Waals surface area contributed by atoms with Crippen LogP contribution in [0, 0.1) is 16.7 Å². The molecule has 4 aliphatic rings. The lowest BCUT2D eigenvalue weighted by Gasteiger charge is -2.49. The Morgan fingerprint density at radius 2 is 1.96 bits per heavy atom. The monoisotopic (exact) mass is 364 g/mol. The van der Waals surface area contributed by atoms with E-state index in [9.17, 15) is 4.79 Å². The Bertz CT molecular complexity index is 619. The van der Waals surface area contributed by atoms with Gasteiger partial charge in [-0.2, -0.15) is 0 Å². The van der Waals surface area contributed by atoms with Crippen molar-refractivity contribution in [3.63, 3.8) is 0 Å².